The molecule has 0 saturated carbocycles. The van der Waals surface area contributed by atoms with Gasteiger partial charge in [-0.15, -0.1) is 5.10 Å². The van der Waals surface area contributed by atoms with E-state index in [1.165, 1.54) is 0 Å². The average molecular weight is 202 g/mol. The molecule has 0 aliphatic heterocycles. The summed E-state index contributed by atoms with van der Waals surface area (Å²) in [4.78, 5) is 0. The van der Waals surface area contributed by atoms with Crippen molar-refractivity contribution in [1.82, 2.24) is 10.2 Å². The van der Waals surface area contributed by atoms with Gasteiger partial charge in [0.15, 0.2) is 11.5 Å². The second-order valence-electron chi connectivity index (χ2n) is 3.14. The largest absolute Gasteiger partial charge is 0.504 e. The van der Waals surface area contributed by atoms with Crippen LogP contribution in [-0.2, 0) is 0 Å². The highest BCUT2D eigenvalue weighted by atomic mass is 16.5. The molecule has 0 fully saturated rings. The monoisotopic (exact) mass is 202 g/mol. The molecule has 1 heterocycles. The Labute approximate surface area is 87.2 Å². The van der Waals surface area contributed by atoms with Gasteiger partial charge in [0.05, 0.1) is 6.20 Å². The molecule has 0 aliphatic carbocycles. The van der Waals surface area contributed by atoms with Crippen LogP contribution in [0.15, 0.2) is 36.5 Å². The van der Waals surface area contributed by atoms with Crippen molar-refractivity contribution in [2.75, 3.05) is 0 Å². The molecule has 4 nitrogen and oxygen atoms in total. The molecule has 4 heteroatoms. The number of phenols is 1. The first-order valence-electron chi connectivity index (χ1n) is 4.51. The molecule has 15 heavy (non-hydrogen) atoms. The van der Waals surface area contributed by atoms with Gasteiger partial charge in [-0.25, -0.2) is 0 Å². The van der Waals surface area contributed by atoms with Crippen LogP contribution < -0.4 is 4.74 Å². The van der Waals surface area contributed by atoms with Gasteiger partial charge in [-0.2, -0.15) is 5.10 Å². The summed E-state index contributed by atoms with van der Waals surface area (Å²) in [6, 6.07) is 8.47. The maximum Gasteiger partial charge on any atom is 0.239 e. The van der Waals surface area contributed by atoms with Crippen molar-refractivity contribution in [1.29, 1.82) is 0 Å². The SMILES string of the molecule is Cc1cnnc(Oc2ccccc2O)c1. The van der Waals surface area contributed by atoms with Crippen molar-refractivity contribution in [3.05, 3.63) is 42.1 Å². The van der Waals surface area contributed by atoms with Crippen molar-refractivity contribution >= 4 is 0 Å². The molecular formula is C11H10N2O2. The van der Waals surface area contributed by atoms with E-state index >= 15 is 0 Å². The van der Waals surface area contributed by atoms with Gasteiger partial charge < -0.3 is 9.84 Å². The van der Waals surface area contributed by atoms with Crippen LogP contribution in [0.5, 0.6) is 17.4 Å². The van der Waals surface area contributed by atoms with Gasteiger partial charge in [0, 0.05) is 6.07 Å². The molecule has 0 radical (unpaired) electrons. The van der Waals surface area contributed by atoms with Crippen LogP contribution in [0, 0.1) is 6.92 Å². The highest BCUT2D eigenvalue weighted by molar-refractivity contribution is 5.40. The molecular weight excluding hydrogens is 192 g/mol. The first kappa shape index (κ1) is 9.45. The number of rotatable bonds is 2. The van der Waals surface area contributed by atoms with Crippen LogP contribution in [0.3, 0.4) is 0 Å². The quantitative estimate of drug-likeness (QED) is 0.811. The standard InChI is InChI=1S/C11H10N2O2/c1-8-6-11(13-12-7-8)15-10-5-3-2-4-9(10)14/h2-7,14H,1H3. The minimum atomic E-state index is 0.0841. The van der Waals surface area contributed by atoms with Gasteiger partial charge >= 0.3 is 0 Å². The van der Waals surface area contributed by atoms with E-state index in [-0.39, 0.29) is 5.75 Å². The van der Waals surface area contributed by atoms with Crippen molar-refractivity contribution in [3.63, 3.8) is 0 Å². The first-order chi connectivity index (χ1) is 7.25. The average Bonchev–Trinajstić information content (AvgIpc) is 2.22. The third kappa shape index (κ3) is 2.22. The summed E-state index contributed by atoms with van der Waals surface area (Å²) in [5, 5.41) is 17.0. The van der Waals surface area contributed by atoms with E-state index in [2.05, 4.69) is 10.2 Å². The summed E-state index contributed by atoms with van der Waals surface area (Å²) in [6.07, 6.45) is 1.64. The molecule has 1 aromatic carbocycles. The fourth-order valence-corrected chi connectivity index (χ4v) is 1.14. The maximum atomic E-state index is 9.47. The van der Waals surface area contributed by atoms with Crippen LogP contribution >= 0.6 is 0 Å². The number of aryl methyl sites for hydroxylation is 1. The minimum absolute atomic E-state index is 0.0841. The second kappa shape index (κ2) is 3.96. The third-order valence-corrected chi connectivity index (χ3v) is 1.85. The lowest BCUT2D eigenvalue weighted by Crippen LogP contribution is -1.91. The van der Waals surface area contributed by atoms with Gasteiger partial charge in [0.1, 0.15) is 0 Å². The van der Waals surface area contributed by atoms with Gasteiger partial charge in [0.2, 0.25) is 5.88 Å². The molecule has 1 N–H and O–H groups in total. The topological polar surface area (TPSA) is 55.2 Å². The number of ether oxygens (including phenoxy) is 1. The lowest BCUT2D eigenvalue weighted by Gasteiger charge is -2.05. The summed E-state index contributed by atoms with van der Waals surface area (Å²) in [5.74, 6) is 0.828. The van der Waals surface area contributed by atoms with Crippen LogP contribution in [0.4, 0.5) is 0 Å². The predicted octanol–water partition coefficient (Wildman–Crippen LogP) is 2.28. The van der Waals surface area contributed by atoms with Crippen molar-refractivity contribution in [2.24, 2.45) is 0 Å². The number of phenolic OH excluding ortho intramolecular Hbond substituents is 1. The molecule has 0 bridgehead atoms. The van der Waals surface area contributed by atoms with Crippen LogP contribution in [0.1, 0.15) is 5.56 Å². The molecule has 76 valence electrons. The summed E-state index contributed by atoms with van der Waals surface area (Å²) < 4.78 is 5.37. The zero-order chi connectivity index (χ0) is 10.7. The van der Waals surface area contributed by atoms with Crippen LogP contribution in [0.25, 0.3) is 0 Å². The lowest BCUT2D eigenvalue weighted by molar-refractivity contribution is 0.399. The Morgan fingerprint density at radius 1 is 1.27 bits per heavy atom. The van der Waals surface area contributed by atoms with Gasteiger partial charge in [-0.05, 0) is 24.6 Å². The third-order valence-electron chi connectivity index (χ3n) is 1.85. The zero-order valence-electron chi connectivity index (χ0n) is 8.21. The first-order valence-corrected chi connectivity index (χ1v) is 4.51. The van der Waals surface area contributed by atoms with Gasteiger partial charge in [0.25, 0.3) is 0 Å². The molecule has 0 saturated heterocycles. The number of para-hydroxylation sites is 2. The summed E-state index contributed by atoms with van der Waals surface area (Å²) in [7, 11) is 0. The number of hydrogen-bond acceptors (Lipinski definition) is 4. The van der Waals surface area contributed by atoms with E-state index < -0.39 is 0 Å². The smallest absolute Gasteiger partial charge is 0.239 e. The number of hydrogen-bond donors (Lipinski definition) is 1. The number of aromatic hydroxyl groups is 1. The van der Waals surface area contributed by atoms with Crippen molar-refractivity contribution < 1.29 is 9.84 Å². The van der Waals surface area contributed by atoms with E-state index in [0.29, 0.717) is 11.6 Å². The van der Waals surface area contributed by atoms with Gasteiger partial charge in [-0.3, -0.25) is 0 Å². The van der Waals surface area contributed by atoms with Crippen molar-refractivity contribution in [2.45, 2.75) is 6.92 Å². The van der Waals surface area contributed by atoms with E-state index in [0.717, 1.165) is 5.56 Å². The van der Waals surface area contributed by atoms with E-state index in [1.54, 1.807) is 36.5 Å². The van der Waals surface area contributed by atoms with E-state index in [9.17, 15) is 5.11 Å². The number of aromatic nitrogens is 2. The minimum Gasteiger partial charge on any atom is -0.504 e. The highest BCUT2D eigenvalue weighted by Crippen LogP contribution is 2.28. The van der Waals surface area contributed by atoms with Crippen LogP contribution in [-0.4, -0.2) is 15.3 Å². The number of benzene rings is 1. The maximum absolute atomic E-state index is 9.47. The molecule has 0 unspecified atom stereocenters. The second-order valence-corrected chi connectivity index (χ2v) is 3.14. The summed E-state index contributed by atoms with van der Waals surface area (Å²) in [5.41, 5.74) is 0.954. The zero-order valence-corrected chi connectivity index (χ0v) is 8.21. The molecule has 0 amide bonds. The van der Waals surface area contributed by atoms with Crippen molar-refractivity contribution in [3.8, 4) is 17.4 Å². The fourth-order valence-electron chi connectivity index (χ4n) is 1.14. The molecule has 0 spiro atoms. The molecule has 0 atom stereocenters. The fraction of sp³-hybridized carbons (Fsp3) is 0.0909. The summed E-state index contributed by atoms with van der Waals surface area (Å²) in [6.45, 7) is 1.90. The van der Waals surface area contributed by atoms with E-state index in [1.807, 2.05) is 6.92 Å². The molecule has 2 aromatic rings. The molecule has 1 aromatic heterocycles. The molecule has 0 aliphatic rings. The Hall–Kier alpha value is -2.10. The molecule has 2 rings (SSSR count). The Morgan fingerprint density at radius 3 is 2.80 bits per heavy atom. The normalized spacial score (nSPS) is 9.93. The Kier molecular flexibility index (Phi) is 2.49. The highest BCUT2D eigenvalue weighted by Gasteiger charge is 2.03. The van der Waals surface area contributed by atoms with Crippen LogP contribution in [0.2, 0.25) is 0 Å². The predicted molar refractivity (Wildman–Crippen MR) is 54.9 cm³/mol. The van der Waals surface area contributed by atoms with Gasteiger partial charge in [-0.1, -0.05) is 12.1 Å². The number of nitrogens with zero attached hydrogens (tertiary/aromatic N) is 2. The Morgan fingerprint density at radius 2 is 2.07 bits per heavy atom. The Bertz CT molecular complexity index is 472. The summed E-state index contributed by atoms with van der Waals surface area (Å²) >= 11 is 0. The lowest BCUT2D eigenvalue weighted by atomic mass is 10.3. The Balaban J connectivity index is 2.26. The van der Waals surface area contributed by atoms with E-state index in [4.69, 9.17) is 4.74 Å².